The fraction of sp³-hybridized carbons (Fsp3) is 0.500. The van der Waals surface area contributed by atoms with Gasteiger partial charge >= 0.3 is 6.03 Å². The number of carbonyl (C=O) groups excluding carboxylic acids is 3. The Kier molecular flexibility index (Phi) is 6.17. The van der Waals surface area contributed by atoms with E-state index >= 15 is 0 Å². The number of benzene rings is 1. The number of sulfonamides is 1. The van der Waals surface area contributed by atoms with Crippen LogP contribution in [-0.2, 0) is 32.5 Å². The third-order valence-electron chi connectivity index (χ3n) is 6.73. The number of furan rings is 1. The summed E-state index contributed by atoms with van der Waals surface area (Å²) in [5.74, 6) is -0.600. The van der Waals surface area contributed by atoms with Crippen LogP contribution in [0.2, 0.25) is 0 Å². The monoisotopic (exact) mass is 492 g/mol. The van der Waals surface area contributed by atoms with Crippen molar-refractivity contribution in [1.82, 2.24) is 20.0 Å². The highest BCUT2D eigenvalue weighted by molar-refractivity contribution is 7.89. The summed E-state index contributed by atoms with van der Waals surface area (Å²) in [6.45, 7) is 2.98. The molecule has 0 saturated carbocycles. The van der Waals surface area contributed by atoms with Crippen molar-refractivity contribution in [1.29, 1.82) is 0 Å². The number of nitrogens with one attached hydrogen (secondary N) is 2. The minimum absolute atomic E-state index is 0.101. The van der Waals surface area contributed by atoms with Crippen molar-refractivity contribution in [2.75, 3.05) is 13.6 Å². The molecule has 12 heteroatoms. The van der Waals surface area contributed by atoms with Crippen LogP contribution in [0.1, 0.15) is 44.4 Å². The van der Waals surface area contributed by atoms with Gasteiger partial charge in [0.05, 0.1) is 4.90 Å². The highest BCUT2D eigenvalue weighted by Gasteiger charge is 2.49. The third-order valence-corrected chi connectivity index (χ3v) is 8.20. The Hall–Kier alpha value is -2.96. The average Bonchev–Trinajstić information content (AvgIpc) is 3.25. The summed E-state index contributed by atoms with van der Waals surface area (Å²) in [7, 11) is -2.71. The molecule has 11 nitrogen and oxygen atoms in total. The summed E-state index contributed by atoms with van der Waals surface area (Å²) >= 11 is 0. The predicted octanol–water partition coefficient (Wildman–Crippen LogP) is 1.53. The van der Waals surface area contributed by atoms with Gasteiger partial charge in [-0.15, -0.1) is 0 Å². The average molecular weight is 493 g/mol. The van der Waals surface area contributed by atoms with Crippen LogP contribution >= 0.6 is 0 Å². The number of carbonyl (C=O) groups is 3. The molecule has 2 aromatic rings. The molecule has 1 fully saturated rings. The lowest BCUT2D eigenvalue weighted by atomic mass is 9.96. The molecule has 0 radical (unpaired) electrons. The number of hydroxylamine groups is 1. The molecular weight excluding hydrogens is 464 g/mol. The zero-order valence-electron chi connectivity index (χ0n) is 19.3. The predicted molar refractivity (Wildman–Crippen MR) is 120 cm³/mol. The molecule has 34 heavy (non-hydrogen) atoms. The van der Waals surface area contributed by atoms with E-state index < -0.39 is 39.4 Å². The standard InChI is InChI=1S/C22H28N4O7S/c1-22(2)20(28)26(21(29)25(22)3)11-10-16(19(27)23-30)24-34(31,32)13-8-9-15-14-6-4-5-7-17(14)33-18(15)12-13/h8-9,12,16,24,30H,4-7,10-11H2,1-3H3,(H,23,27)/t16-/m1/s1. The SMILES string of the molecule is CN1C(=O)N(CC[C@@H](NS(=O)(=O)c2ccc3c4c(oc3c2)CCCC4)C(=O)NO)C(=O)C1(C)C. The van der Waals surface area contributed by atoms with Gasteiger partial charge in [-0.3, -0.25) is 19.7 Å². The summed E-state index contributed by atoms with van der Waals surface area (Å²) in [6, 6.07) is 2.57. The summed E-state index contributed by atoms with van der Waals surface area (Å²) in [4.78, 5) is 39.4. The molecule has 0 unspecified atom stereocenters. The molecule has 1 aliphatic carbocycles. The zero-order valence-corrected chi connectivity index (χ0v) is 20.1. The smallest absolute Gasteiger partial charge is 0.327 e. The highest BCUT2D eigenvalue weighted by Crippen LogP contribution is 2.33. The van der Waals surface area contributed by atoms with E-state index in [1.807, 2.05) is 0 Å². The van der Waals surface area contributed by atoms with Crippen LogP contribution in [0.15, 0.2) is 27.5 Å². The lowest BCUT2D eigenvalue weighted by molar-refractivity contribution is -0.133. The van der Waals surface area contributed by atoms with Gasteiger partial charge in [-0.1, -0.05) is 0 Å². The van der Waals surface area contributed by atoms with Gasteiger partial charge in [0.2, 0.25) is 10.0 Å². The molecule has 184 valence electrons. The van der Waals surface area contributed by atoms with Crippen LogP contribution < -0.4 is 10.2 Å². The number of amides is 4. The zero-order chi connectivity index (χ0) is 24.8. The second-order valence-electron chi connectivity index (χ2n) is 9.16. The first-order chi connectivity index (χ1) is 16.0. The lowest BCUT2D eigenvalue weighted by Gasteiger charge is -2.22. The van der Waals surface area contributed by atoms with Crippen LogP contribution in [0, 0.1) is 0 Å². The van der Waals surface area contributed by atoms with E-state index in [1.54, 1.807) is 19.9 Å². The minimum atomic E-state index is -4.19. The van der Waals surface area contributed by atoms with Crippen molar-refractivity contribution in [3.05, 3.63) is 29.5 Å². The van der Waals surface area contributed by atoms with Gasteiger partial charge in [-0.2, -0.15) is 4.72 Å². The molecule has 1 aliphatic heterocycles. The van der Waals surface area contributed by atoms with Crippen molar-refractivity contribution in [3.63, 3.8) is 0 Å². The van der Waals surface area contributed by atoms with E-state index in [-0.39, 0.29) is 17.9 Å². The largest absolute Gasteiger partial charge is 0.461 e. The van der Waals surface area contributed by atoms with Gasteiger partial charge in [0.1, 0.15) is 22.9 Å². The Balaban J connectivity index is 1.54. The number of fused-ring (bicyclic) bond motifs is 3. The van der Waals surface area contributed by atoms with E-state index in [0.29, 0.717) is 5.58 Å². The Morgan fingerprint density at radius 3 is 2.59 bits per heavy atom. The molecule has 1 aromatic heterocycles. The van der Waals surface area contributed by atoms with Crippen molar-refractivity contribution in [2.45, 2.75) is 62.4 Å². The van der Waals surface area contributed by atoms with E-state index in [0.717, 1.165) is 47.3 Å². The number of nitrogens with zero attached hydrogens (tertiary/aromatic N) is 2. The third kappa shape index (κ3) is 4.05. The second-order valence-corrected chi connectivity index (χ2v) is 10.9. The summed E-state index contributed by atoms with van der Waals surface area (Å²) in [5.41, 5.74) is 1.94. The lowest BCUT2D eigenvalue weighted by Crippen LogP contribution is -2.48. The van der Waals surface area contributed by atoms with Crippen LogP contribution in [0.5, 0.6) is 0 Å². The number of urea groups is 1. The summed E-state index contributed by atoms with van der Waals surface area (Å²) in [6.07, 6.45) is 3.53. The van der Waals surface area contributed by atoms with Crippen molar-refractivity contribution < 1.29 is 32.4 Å². The maximum atomic E-state index is 13.1. The van der Waals surface area contributed by atoms with E-state index in [1.165, 1.54) is 29.6 Å². The molecule has 0 spiro atoms. The first-order valence-electron chi connectivity index (χ1n) is 11.1. The van der Waals surface area contributed by atoms with Gasteiger partial charge in [0.15, 0.2) is 0 Å². The van der Waals surface area contributed by atoms with Crippen molar-refractivity contribution in [3.8, 4) is 0 Å². The van der Waals surface area contributed by atoms with E-state index in [4.69, 9.17) is 9.62 Å². The maximum Gasteiger partial charge on any atom is 0.327 e. The van der Waals surface area contributed by atoms with Crippen LogP contribution in [0.25, 0.3) is 11.0 Å². The molecule has 0 bridgehead atoms. The van der Waals surface area contributed by atoms with Gasteiger partial charge in [0, 0.05) is 37.0 Å². The molecule has 4 rings (SSSR count). The van der Waals surface area contributed by atoms with Gasteiger partial charge < -0.3 is 9.32 Å². The Morgan fingerprint density at radius 1 is 1.24 bits per heavy atom. The van der Waals surface area contributed by atoms with Gasteiger partial charge in [-0.05, 0) is 51.7 Å². The first-order valence-corrected chi connectivity index (χ1v) is 12.6. The molecule has 2 aliphatic rings. The van der Waals surface area contributed by atoms with E-state index in [2.05, 4.69) is 4.72 Å². The minimum Gasteiger partial charge on any atom is -0.461 e. The normalized spacial score (nSPS) is 18.9. The topological polar surface area (TPSA) is 149 Å². The molecule has 1 saturated heterocycles. The number of likely N-dealkylation sites (N-methyl/N-ethyl adjacent to an activating group) is 1. The van der Waals surface area contributed by atoms with E-state index in [9.17, 15) is 22.8 Å². The number of aryl methyl sites for hydroxylation is 2. The summed E-state index contributed by atoms with van der Waals surface area (Å²) < 4.78 is 34.3. The van der Waals surface area contributed by atoms with Gasteiger partial charge in [0.25, 0.3) is 11.8 Å². The molecule has 1 atom stereocenters. The Labute approximate surface area is 197 Å². The highest BCUT2D eigenvalue weighted by atomic mass is 32.2. The van der Waals surface area contributed by atoms with Crippen LogP contribution in [-0.4, -0.2) is 66.4 Å². The quantitative estimate of drug-likeness (QED) is 0.301. The fourth-order valence-corrected chi connectivity index (χ4v) is 5.67. The number of hydrogen-bond donors (Lipinski definition) is 3. The molecule has 1 aromatic carbocycles. The maximum absolute atomic E-state index is 13.1. The van der Waals surface area contributed by atoms with Gasteiger partial charge in [-0.25, -0.2) is 18.7 Å². The molecule has 3 N–H and O–H groups in total. The Morgan fingerprint density at radius 2 is 1.94 bits per heavy atom. The number of rotatable bonds is 7. The second kappa shape index (κ2) is 8.67. The molecule has 2 heterocycles. The first kappa shape index (κ1) is 24.2. The fourth-order valence-electron chi connectivity index (χ4n) is 4.42. The van der Waals surface area contributed by atoms with Crippen LogP contribution in [0.3, 0.4) is 0 Å². The van der Waals surface area contributed by atoms with Crippen LogP contribution in [0.4, 0.5) is 4.79 Å². The Bertz CT molecular complexity index is 1270. The van der Waals surface area contributed by atoms with Crippen molar-refractivity contribution >= 4 is 38.8 Å². The van der Waals surface area contributed by atoms with Crippen molar-refractivity contribution in [2.24, 2.45) is 0 Å². The molecular formula is C22H28N4O7S. The summed E-state index contributed by atoms with van der Waals surface area (Å²) in [5, 5.41) is 9.99. The number of imide groups is 1. The molecule has 4 amide bonds. The number of hydrogen-bond acceptors (Lipinski definition) is 7.